The first-order chi connectivity index (χ1) is 13.1. The van der Waals surface area contributed by atoms with Gasteiger partial charge in [0.1, 0.15) is 0 Å². The molecule has 2 rings (SSSR count). The second kappa shape index (κ2) is 10.1. The van der Waals surface area contributed by atoms with Crippen LogP contribution in [0.2, 0.25) is 0 Å². The smallest absolute Gasteiger partial charge is 0.226 e. The number of hydrogen-bond acceptors (Lipinski definition) is 6. The third-order valence-electron chi connectivity index (χ3n) is 4.66. The molecular formula is C19H28N2O6. The second-order valence-electron chi connectivity index (χ2n) is 6.23. The van der Waals surface area contributed by atoms with Crippen molar-refractivity contribution < 1.29 is 28.5 Å². The molecule has 1 aliphatic heterocycles. The van der Waals surface area contributed by atoms with Gasteiger partial charge in [0.25, 0.3) is 0 Å². The zero-order chi connectivity index (χ0) is 19.8. The van der Waals surface area contributed by atoms with Crippen molar-refractivity contribution in [1.29, 1.82) is 0 Å². The van der Waals surface area contributed by atoms with Gasteiger partial charge >= 0.3 is 0 Å². The number of likely N-dealkylation sites (tertiary alicyclic amines) is 1. The Morgan fingerprint density at radius 1 is 1.11 bits per heavy atom. The minimum Gasteiger partial charge on any atom is -0.493 e. The van der Waals surface area contributed by atoms with Crippen LogP contribution in [0.3, 0.4) is 0 Å². The van der Waals surface area contributed by atoms with E-state index >= 15 is 0 Å². The zero-order valence-electron chi connectivity index (χ0n) is 16.3. The summed E-state index contributed by atoms with van der Waals surface area (Å²) in [5.41, 5.74) is 0.821. The molecule has 27 heavy (non-hydrogen) atoms. The molecule has 2 amide bonds. The number of benzene rings is 1. The van der Waals surface area contributed by atoms with E-state index in [1.807, 2.05) is 12.1 Å². The van der Waals surface area contributed by atoms with Crippen LogP contribution < -0.4 is 14.8 Å². The molecule has 2 atom stereocenters. The lowest BCUT2D eigenvalue weighted by Gasteiger charge is -2.28. The van der Waals surface area contributed by atoms with Crippen LogP contribution in [0.1, 0.15) is 18.0 Å². The lowest BCUT2D eigenvalue weighted by molar-refractivity contribution is -0.129. The van der Waals surface area contributed by atoms with E-state index in [9.17, 15) is 9.59 Å². The maximum Gasteiger partial charge on any atom is 0.226 e. The predicted octanol–water partition coefficient (Wildman–Crippen LogP) is 1.00. The van der Waals surface area contributed by atoms with Crippen LogP contribution in [0, 0.1) is 5.92 Å². The molecule has 0 radical (unpaired) electrons. The number of methoxy groups -OCH3 is 4. The number of ether oxygens (including phenoxy) is 4. The van der Waals surface area contributed by atoms with Crippen molar-refractivity contribution in [3.63, 3.8) is 0 Å². The Labute approximate surface area is 159 Å². The fourth-order valence-corrected chi connectivity index (χ4v) is 3.34. The molecule has 0 spiro atoms. The standard InChI is InChI=1S/C19H28N2O6/c1-24-9-7-20-19(23)14-12-17(22)21(8-10-25-2)18(14)13-5-6-15(26-3)16(11-13)27-4/h5-6,11,14,18H,7-10,12H2,1-4H3,(H,20,23)/t14-,18+/m1/s1. The van der Waals surface area contributed by atoms with E-state index in [0.29, 0.717) is 37.8 Å². The van der Waals surface area contributed by atoms with Gasteiger partial charge in [-0.25, -0.2) is 0 Å². The summed E-state index contributed by atoms with van der Waals surface area (Å²) in [4.78, 5) is 27.0. The van der Waals surface area contributed by atoms with Gasteiger partial charge in [0.2, 0.25) is 11.8 Å². The Morgan fingerprint density at radius 3 is 2.44 bits per heavy atom. The van der Waals surface area contributed by atoms with E-state index in [4.69, 9.17) is 18.9 Å². The first-order valence-electron chi connectivity index (χ1n) is 8.84. The first-order valence-corrected chi connectivity index (χ1v) is 8.84. The Bertz CT molecular complexity index is 651. The third-order valence-corrected chi connectivity index (χ3v) is 4.66. The molecule has 0 aliphatic carbocycles. The quantitative estimate of drug-likeness (QED) is 0.610. The number of carbonyl (C=O) groups is 2. The van der Waals surface area contributed by atoms with E-state index in [1.54, 1.807) is 39.4 Å². The van der Waals surface area contributed by atoms with Crippen LogP contribution in [-0.4, -0.2) is 71.5 Å². The molecule has 1 N–H and O–H groups in total. The number of amides is 2. The van der Waals surface area contributed by atoms with Gasteiger partial charge in [-0.05, 0) is 17.7 Å². The summed E-state index contributed by atoms with van der Waals surface area (Å²) in [6.45, 7) is 1.63. The molecule has 1 heterocycles. The van der Waals surface area contributed by atoms with Gasteiger partial charge in [0.15, 0.2) is 11.5 Å². The van der Waals surface area contributed by atoms with Crippen LogP contribution in [0.15, 0.2) is 18.2 Å². The van der Waals surface area contributed by atoms with Crippen molar-refractivity contribution in [2.45, 2.75) is 12.5 Å². The lowest BCUT2D eigenvalue weighted by Crippen LogP contribution is -2.37. The normalized spacial score (nSPS) is 19.3. The van der Waals surface area contributed by atoms with E-state index in [2.05, 4.69) is 5.32 Å². The van der Waals surface area contributed by atoms with Crippen molar-refractivity contribution in [3.8, 4) is 11.5 Å². The Morgan fingerprint density at radius 2 is 1.81 bits per heavy atom. The van der Waals surface area contributed by atoms with Gasteiger partial charge in [-0.1, -0.05) is 6.07 Å². The third kappa shape index (κ3) is 4.90. The molecule has 8 nitrogen and oxygen atoms in total. The summed E-state index contributed by atoms with van der Waals surface area (Å²) in [5, 5.41) is 2.84. The molecule has 8 heteroatoms. The van der Waals surface area contributed by atoms with Gasteiger partial charge in [-0.2, -0.15) is 0 Å². The van der Waals surface area contributed by atoms with Crippen molar-refractivity contribution in [1.82, 2.24) is 10.2 Å². The van der Waals surface area contributed by atoms with Crippen LogP contribution in [0.4, 0.5) is 0 Å². The zero-order valence-corrected chi connectivity index (χ0v) is 16.3. The minimum atomic E-state index is -0.496. The largest absolute Gasteiger partial charge is 0.493 e. The molecule has 0 unspecified atom stereocenters. The highest BCUT2D eigenvalue weighted by Gasteiger charge is 2.44. The number of rotatable bonds is 10. The van der Waals surface area contributed by atoms with E-state index in [1.165, 1.54) is 0 Å². The monoisotopic (exact) mass is 380 g/mol. The molecule has 0 bridgehead atoms. The maximum absolute atomic E-state index is 12.7. The summed E-state index contributed by atoms with van der Waals surface area (Å²) in [6, 6.07) is 5.07. The summed E-state index contributed by atoms with van der Waals surface area (Å²) in [6.07, 6.45) is 0.154. The molecule has 1 aromatic carbocycles. The SMILES string of the molecule is COCCNC(=O)[C@@H]1CC(=O)N(CCOC)[C@H]1c1ccc(OC)c(OC)c1. The maximum atomic E-state index is 12.7. The average molecular weight is 380 g/mol. The highest BCUT2D eigenvalue weighted by atomic mass is 16.5. The second-order valence-corrected chi connectivity index (χ2v) is 6.23. The molecule has 1 fully saturated rings. The van der Waals surface area contributed by atoms with Gasteiger partial charge in [0, 0.05) is 33.7 Å². The van der Waals surface area contributed by atoms with Crippen molar-refractivity contribution in [2.24, 2.45) is 5.92 Å². The van der Waals surface area contributed by atoms with Crippen LogP contribution in [-0.2, 0) is 19.1 Å². The van der Waals surface area contributed by atoms with Crippen molar-refractivity contribution in [3.05, 3.63) is 23.8 Å². The summed E-state index contributed by atoms with van der Waals surface area (Å²) in [5.74, 6) is 0.415. The molecule has 150 valence electrons. The topological polar surface area (TPSA) is 86.3 Å². The molecule has 1 aliphatic rings. The van der Waals surface area contributed by atoms with Crippen molar-refractivity contribution in [2.75, 3.05) is 54.7 Å². The summed E-state index contributed by atoms with van der Waals surface area (Å²) in [7, 11) is 6.28. The van der Waals surface area contributed by atoms with Crippen molar-refractivity contribution >= 4 is 11.8 Å². The number of nitrogens with zero attached hydrogens (tertiary/aromatic N) is 1. The summed E-state index contributed by atoms with van der Waals surface area (Å²) < 4.78 is 20.8. The molecule has 0 aromatic heterocycles. The highest BCUT2D eigenvalue weighted by molar-refractivity contribution is 5.90. The van der Waals surface area contributed by atoms with Crippen LogP contribution in [0.25, 0.3) is 0 Å². The molecule has 1 saturated heterocycles. The minimum absolute atomic E-state index is 0.0706. The van der Waals surface area contributed by atoms with E-state index in [0.717, 1.165) is 5.56 Å². The van der Waals surface area contributed by atoms with Crippen LogP contribution in [0.5, 0.6) is 11.5 Å². The Hall–Kier alpha value is -2.32. The molecule has 1 aromatic rings. The van der Waals surface area contributed by atoms with Gasteiger partial charge in [0.05, 0.1) is 39.4 Å². The van der Waals surface area contributed by atoms with Gasteiger partial charge < -0.3 is 29.2 Å². The van der Waals surface area contributed by atoms with Gasteiger partial charge in [-0.15, -0.1) is 0 Å². The van der Waals surface area contributed by atoms with E-state index in [-0.39, 0.29) is 18.2 Å². The Kier molecular flexibility index (Phi) is 7.87. The number of nitrogens with one attached hydrogen (secondary N) is 1. The molecule has 0 saturated carbocycles. The predicted molar refractivity (Wildman–Crippen MR) is 98.9 cm³/mol. The number of carbonyl (C=O) groups excluding carboxylic acids is 2. The first kappa shape index (κ1) is 21.0. The average Bonchev–Trinajstić information content (AvgIpc) is 3.02. The fraction of sp³-hybridized carbons (Fsp3) is 0.579. The lowest BCUT2D eigenvalue weighted by atomic mass is 9.92. The Balaban J connectivity index is 2.33. The summed E-state index contributed by atoms with van der Waals surface area (Å²) >= 11 is 0. The van der Waals surface area contributed by atoms with Crippen LogP contribution >= 0.6 is 0 Å². The van der Waals surface area contributed by atoms with Gasteiger partial charge in [-0.3, -0.25) is 9.59 Å². The van der Waals surface area contributed by atoms with E-state index < -0.39 is 12.0 Å². The number of hydrogen-bond donors (Lipinski definition) is 1. The fourth-order valence-electron chi connectivity index (χ4n) is 3.34. The molecular weight excluding hydrogens is 352 g/mol. The highest BCUT2D eigenvalue weighted by Crippen LogP contribution is 2.41.